The third-order valence-electron chi connectivity index (χ3n) is 5.78. The molecule has 0 spiro atoms. The fourth-order valence-electron chi connectivity index (χ4n) is 3.43. The van der Waals surface area contributed by atoms with E-state index in [-0.39, 0.29) is 18.3 Å². The zero-order chi connectivity index (χ0) is 16.8. The first-order valence-corrected chi connectivity index (χ1v) is 11.5. The molecule has 1 radical (unpaired) electrons. The minimum atomic E-state index is -0.498. The average molecular weight is 329 g/mol. The molecule has 1 atom stereocenters. The smallest absolute Gasteiger partial charge is 0.403 e. The van der Waals surface area contributed by atoms with Gasteiger partial charge in [0.05, 0.1) is 20.0 Å². The molecule has 1 aromatic carbocycles. The van der Waals surface area contributed by atoms with Crippen molar-refractivity contribution in [1.82, 2.24) is 0 Å². The fourth-order valence-corrected chi connectivity index (χ4v) is 4.70. The molecule has 1 aliphatic heterocycles. The van der Waals surface area contributed by atoms with Crippen molar-refractivity contribution in [2.24, 2.45) is 5.92 Å². The molecule has 0 N–H and O–H groups in total. The Morgan fingerprint density at radius 1 is 1.09 bits per heavy atom. The lowest BCUT2D eigenvalue weighted by atomic mass is 9.65. The van der Waals surface area contributed by atoms with Crippen molar-refractivity contribution in [3.8, 4) is 0 Å². The summed E-state index contributed by atoms with van der Waals surface area (Å²) in [4.78, 5) is 0. The van der Waals surface area contributed by atoms with Gasteiger partial charge < -0.3 is 9.31 Å². The van der Waals surface area contributed by atoms with E-state index in [0.717, 1.165) is 5.92 Å². The Bertz CT molecular complexity index is 550. The van der Waals surface area contributed by atoms with Crippen LogP contribution in [0.4, 0.5) is 0 Å². The van der Waals surface area contributed by atoms with Crippen LogP contribution in [0.1, 0.15) is 58.3 Å². The SMILES string of the molecule is C[Si](C)c1ccccc1[C@H](CC1CC1)B1OC(C)(C)C(C)(C)O1. The van der Waals surface area contributed by atoms with E-state index in [1.807, 2.05) is 0 Å². The van der Waals surface area contributed by atoms with Crippen molar-refractivity contribution in [1.29, 1.82) is 0 Å². The van der Waals surface area contributed by atoms with Crippen LogP contribution in [0, 0.1) is 5.92 Å². The van der Waals surface area contributed by atoms with Crippen molar-refractivity contribution in [2.75, 3.05) is 0 Å². The van der Waals surface area contributed by atoms with Gasteiger partial charge in [0, 0.05) is 5.82 Å². The molecule has 1 aliphatic carbocycles. The predicted molar refractivity (Wildman–Crippen MR) is 99.7 cm³/mol. The molecule has 1 saturated heterocycles. The van der Waals surface area contributed by atoms with Gasteiger partial charge in [-0.2, -0.15) is 0 Å². The lowest BCUT2D eigenvalue weighted by Gasteiger charge is -2.32. The van der Waals surface area contributed by atoms with Crippen molar-refractivity contribution in [3.05, 3.63) is 29.8 Å². The van der Waals surface area contributed by atoms with Crippen LogP contribution in [0.3, 0.4) is 0 Å². The van der Waals surface area contributed by atoms with Gasteiger partial charge in [-0.3, -0.25) is 0 Å². The Labute approximate surface area is 143 Å². The van der Waals surface area contributed by atoms with Crippen LogP contribution in [-0.2, 0) is 9.31 Å². The van der Waals surface area contributed by atoms with Crippen LogP contribution in [0.5, 0.6) is 0 Å². The highest BCUT2D eigenvalue weighted by molar-refractivity contribution is 6.71. The summed E-state index contributed by atoms with van der Waals surface area (Å²) in [5.41, 5.74) is 0.970. The summed E-state index contributed by atoms with van der Waals surface area (Å²) in [6.45, 7) is 13.4. The minimum absolute atomic E-state index is 0.122. The molecule has 2 nitrogen and oxygen atoms in total. The van der Waals surface area contributed by atoms with E-state index >= 15 is 0 Å². The number of benzene rings is 1. The quantitative estimate of drug-likeness (QED) is 0.755. The topological polar surface area (TPSA) is 18.5 Å². The summed E-state index contributed by atoms with van der Waals surface area (Å²) in [5.74, 6) is 1.22. The Kier molecular flexibility index (Phi) is 4.54. The Balaban J connectivity index is 1.93. The van der Waals surface area contributed by atoms with Crippen LogP contribution in [-0.4, -0.2) is 27.1 Å². The minimum Gasteiger partial charge on any atom is -0.403 e. The van der Waals surface area contributed by atoms with Crippen LogP contribution < -0.4 is 5.19 Å². The first-order valence-electron chi connectivity index (χ1n) is 8.96. The molecule has 3 rings (SSSR count). The van der Waals surface area contributed by atoms with Gasteiger partial charge in [-0.1, -0.05) is 55.4 Å². The highest BCUT2D eigenvalue weighted by atomic mass is 28.3. The normalized spacial score (nSPS) is 24.2. The van der Waals surface area contributed by atoms with Gasteiger partial charge in [-0.25, -0.2) is 0 Å². The second kappa shape index (κ2) is 6.05. The molecule has 1 saturated carbocycles. The summed E-state index contributed by atoms with van der Waals surface area (Å²) in [6.07, 6.45) is 3.94. The van der Waals surface area contributed by atoms with E-state index in [1.165, 1.54) is 30.0 Å². The number of rotatable bonds is 5. The first kappa shape index (κ1) is 17.3. The summed E-state index contributed by atoms with van der Waals surface area (Å²) < 4.78 is 12.9. The molecular formula is C19H30BO2Si. The van der Waals surface area contributed by atoms with Crippen LogP contribution in [0.15, 0.2) is 24.3 Å². The van der Waals surface area contributed by atoms with E-state index in [0.29, 0.717) is 5.82 Å². The summed E-state index contributed by atoms with van der Waals surface area (Å²) in [7, 11) is -0.620. The third-order valence-corrected chi connectivity index (χ3v) is 7.32. The Morgan fingerprint density at radius 3 is 2.17 bits per heavy atom. The van der Waals surface area contributed by atoms with Gasteiger partial charge in [-0.05, 0) is 45.6 Å². The second-order valence-corrected chi connectivity index (χ2v) is 11.0. The van der Waals surface area contributed by atoms with E-state index in [9.17, 15) is 0 Å². The second-order valence-electron chi connectivity index (χ2n) is 8.50. The Morgan fingerprint density at radius 2 is 1.65 bits per heavy atom. The fraction of sp³-hybridized carbons (Fsp3) is 0.684. The predicted octanol–water partition coefficient (Wildman–Crippen LogP) is 4.16. The molecule has 2 fully saturated rings. The van der Waals surface area contributed by atoms with Gasteiger partial charge in [0.15, 0.2) is 0 Å². The summed E-state index contributed by atoms with van der Waals surface area (Å²) in [6, 6.07) is 8.98. The third kappa shape index (κ3) is 3.45. The van der Waals surface area contributed by atoms with Gasteiger partial charge in [-0.15, -0.1) is 0 Å². The van der Waals surface area contributed by atoms with Crippen LogP contribution >= 0.6 is 0 Å². The molecule has 4 heteroatoms. The lowest BCUT2D eigenvalue weighted by Crippen LogP contribution is -2.41. The molecule has 23 heavy (non-hydrogen) atoms. The highest BCUT2D eigenvalue weighted by Crippen LogP contribution is 2.45. The molecular weight excluding hydrogens is 299 g/mol. The molecule has 1 aromatic rings. The molecule has 1 heterocycles. The van der Waals surface area contributed by atoms with E-state index in [2.05, 4.69) is 65.1 Å². The molecule has 0 amide bonds. The maximum Gasteiger partial charge on any atom is 0.465 e. The van der Waals surface area contributed by atoms with Crippen molar-refractivity contribution in [3.63, 3.8) is 0 Å². The zero-order valence-electron chi connectivity index (χ0n) is 15.5. The van der Waals surface area contributed by atoms with E-state index in [1.54, 1.807) is 0 Å². The maximum absolute atomic E-state index is 6.43. The first-order chi connectivity index (χ1) is 10.7. The molecule has 0 bridgehead atoms. The van der Waals surface area contributed by atoms with Crippen molar-refractivity contribution < 1.29 is 9.31 Å². The number of hydrogen-bond acceptors (Lipinski definition) is 2. The molecule has 0 aromatic heterocycles. The summed E-state index contributed by atoms with van der Waals surface area (Å²) in [5, 5.41) is 1.54. The maximum atomic E-state index is 6.43. The van der Waals surface area contributed by atoms with Crippen LogP contribution in [0.25, 0.3) is 0 Å². The van der Waals surface area contributed by atoms with Gasteiger partial charge in [0.1, 0.15) is 0 Å². The average Bonchev–Trinajstić information content (AvgIpc) is 3.23. The van der Waals surface area contributed by atoms with E-state index in [4.69, 9.17) is 9.31 Å². The van der Waals surface area contributed by atoms with Gasteiger partial charge in [0.25, 0.3) is 0 Å². The molecule has 2 aliphatic rings. The Hall–Kier alpha value is -0.578. The van der Waals surface area contributed by atoms with Crippen molar-refractivity contribution in [2.45, 2.75) is 77.1 Å². The standard InChI is InChI=1S/C19H30BO2Si/c1-18(2)19(3,4)22-20(21-18)16(13-14-11-12-14)15-9-7-8-10-17(15)23(5)6/h7-10,14,16H,11-13H2,1-6H3/t16-/m0/s1. The monoisotopic (exact) mass is 329 g/mol. The summed E-state index contributed by atoms with van der Waals surface area (Å²) >= 11 is 0. The lowest BCUT2D eigenvalue weighted by molar-refractivity contribution is 0.00578. The van der Waals surface area contributed by atoms with Crippen molar-refractivity contribution >= 4 is 21.1 Å². The highest BCUT2D eigenvalue weighted by Gasteiger charge is 2.54. The van der Waals surface area contributed by atoms with E-state index < -0.39 is 8.80 Å². The largest absolute Gasteiger partial charge is 0.465 e. The van der Waals surface area contributed by atoms with Gasteiger partial charge >= 0.3 is 7.12 Å². The number of hydrogen-bond donors (Lipinski definition) is 0. The van der Waals surface area contributed by atoms with Gasteiger partial charge in [0.2, 0.25) is 0 Å². The molecule has 125 valence electrons. The molecule has 0 unspecified atom stereocenters. The van der Waals surface area contributed by atoms with Crippen LogP contribution in [0.2, 0.25) is 13.1 Å². The zero-order valence-corrected chi connectivity index (χ0v) is 16.5.